The van der Waals surface area contributed by atoms with E-state index < -0.39 is 0 Å². The largest absolute Gasteiger partial charge is 0.356 e. The molecule has 0 atom stereocenters. The summed E-state index contributed by atoms with van der Waals surface area (Å²) in [6.07, 6.45) is 6.38. The predicted octanol–water partition coefficient (Wildman–Crippen LogP) is 2.56. The van der Waals surface area contributed by atoms with E-state index in [1.807, 2.05) is 35.0 Å². The third kappa shape index (κ3) is 6.23. The Morgan fingerprint density at radius 2 is 2.05 bits per heavy atom. The number of nitrogens with zero attached hydrogens (tertiary/aromatic N) is 3. The third-order valence-electron chi connectivity index (χ3n) is 3.09. The van der Waals surface area contributed by atoms with E-state index in [-0.39, 0.29) is 24.0 Å². The van der Waals surface area contributed by atoms with Gasteiger partial charge in [-0.3, -0.25) is 4.99 Å². The number of hydrogen-bond acceptors (Lipinski definition) is 2. The van der Waals surface area contributed by atoms with Gasteiger partial charge in [0.15, 0.2) is 5.96 Å². The van der Waals surface area contributed by atoms with Gasteiger partial charge in [-0.05, 0) is 18.1 Å². The van der Waals surface area contributed by atoms with Crippen LogP contribution in [0.15, 0.2) is 48.0 Å². The van der Waals surface area contributed by atoms with E-state index in [2.05, 4.69) is 20.6 Å². The standard InChI is InChI=1S/C15H20ClN5.HI/c1-17-15(20-9-11-21-10-8-18-12-21)19-7-6-13-4-2-3-5-14(13)16;/h2-5,8,10,12H,6-7,9,11H2,1H3,(H2,17,19,20);1H. The first kappa shape index (κ1) is 18.8. The van der Waals surface area contributed by atoms with Crippen molar-refractivity contribution < 1.29 is 0 Å². The van der Waals surface area contributed by atoms with Crippen LogP contribution in [0.5, 0.6) is 0 Å². The minimum atomic E-state index is 0. The third-order valence-corrected chi connectivity index (χ3v) is 3.46. The number of aliphatic imine (C=N–C) groups is 1. The lowest BCUT2D eigenvalue weighted by Crippen LogP contribution is -2.39. The molecule has 0 unspecified atom stereocenters. The summed E-state index contributed by atoms with van der Waals surface area (Å²) >= 11 is 6.13. The Balaban J connectivity index is 0.00000242. The number of rotatable bonds is 6. The van der Waals surface area contributed by atoms with Gasteiger partial charge in [-0.15, -0.1) is 24.0 Å². The summed E-state index contributed by atoms with van der Waals surface area (Å²) in [7, 11) is 1.77. The predicted molar refractivity (Wildman–Crippen MR) is 102 cm³/mol. The minimum absolute atomic E-state index is 0. The Hall–Kier alpha value is -1.28. The molecule has 2 N–H and O–H groups in total. The molecular weight excluding hydrogens is 413 g/mol. The molecule has 0 radical (unpaired) electrons. The van der Waals surface area contributed by atoms with Crippen molar-refractivity contribution >= 4 is 41.5 Å². The van der Waals surface area contributed by atoms with Gasteiger partial charge >= 0.3 is 0 Å². The van der Waals surface area contributed by atoms with Crippen LogP contribution in [0.25, 0.3) is 0 Å². The number of guanidine groups is 1. The average molecular weight is 434 g/mol. The molecule has 5 nitrogen and oxygen atoms in total. The fourth-order valence-electron chi connectivity index (χ4n) is 1.96. The van der Waals surface area contributed by atoms with Crippen LogP contribution in [0, 0.1) is 0 Å². The maximum Gasteiger partial charge on any atom is 0.191 e. The Morgan fingerprint density at radius 3 is 2.73 bits per heavy atom. The van der Waals surface area contributed by atoms with Gasteiger partial charge in [-0.25, -0.2) is 4.98 Å². The van der Waals surface area contributed by atoms with Gasteiger partial charge in [0.05, 0.1) is 6.33 Å². The van der Waals surface area contributed by atoms with Gasteiger partial charge in [0.2, 0.25) is 0 Å². The maximum absolute atomic E-state index is 6.13. The molecule has 0 spiro atoms. The molecule has 0 aliphatic rings. The van der Waals surface area contributed by atoms with Gasteiger partial charge in [0.25, 0.3) is 0 Å². The van der Waals surface area contributed by atoms with E-state index in [0.29, 0.717) is 0 Å². The van der Waals surface area contributed by atoms with Crippen LogP contribution >= 0.6 is 35.6 Å². The second-order valence-corrected chi connectivity index (χ2v) is 4.97. The maximum atomic E-state index is 6.13. The van der Waals surface area contributed by atoms with Crippen molar-refractivity contribution in [3.05, 3.63) is 53.6 Å². The van der Waals surface area contributed by atoms with Crippen molar-refractivity contribution in [2.45, 2.75) is 13.0 Å². The Bertz CT molecular complexity index is 571. The van der Waals surface area contributed by atoms with Crippen molar-refractivity contribution in [1.29, 1.82) is 0 Å². The van der Waals surface area contributed by atoms with Crippen LogP contribution < -0.4 is 10.6 Å². The molecule has 22 heavy (non-hydrogen) atoms. The van der Waals surface area contributed by atoms with Crippen LogP contribution in [0.2, 0.25) is 5.02 Å². The highest BCUT2D eigenvalue weighted by Crippen LogP contribution is 2.14. The molecular formula is C15H21ClIN5. The van der Waals surface area contributed by atoms with Crippen molar-refractivity contribution in [2.24, 2.45) is 4.99 Å². The first-order valence-electron chi connectivity index (χ1n) is 6.93. The average Bonchev–Trinajstić information content (AvgIpc) is 3.01. The van der Waals surface area contributed by atoms with Crippen molar-refractivity contribution in [2.75, 3.05) is 20.1 Å². The van der Waals surface area contributed by atoms with E-state index >= 15 is 0 Å². The zero-order valence-electron chi connectivity index (χ0n) is 12.5. The zero-order valence-corrected chi connectivity index (χ0v) is 15.6. The normalized spacial score (nSPS) is 10.9. The second-order valence-electron chi connectivity index (χ2n) is 4.57. The first-order chi connectivity index (χ1) is 10.3. The highest BCUT2D eigenvalue weighted by molar-refractivity contribution is 14.0. The molecule has 0 fully saturated rings. The van der Waals surface area contributed by atoms with Crippen molar-refractivity contribution in [3.63, 3.8) is 0 Å². The minimum Gasteiger partial charge on any atom is -0.356 e. The summed E-state index contributed by atoms with van der Waals surface area (Å²) in [5.41, 5.74) is 1.14. The van der Waals surface area contributed by atoms with E-state index in [1.165, 1.54) is 0 Å². The fourth-order valence-corrected chi connectivity index (χ4v) is 2.19. The second kappa shape index (κ2) is 10.4. The molecule has 1 aromatic carbocycles. The lowest BCUT2D eigenvalue weighted by Gasteiger charge is -2.12. The number of hydrogen-bond donors (Lipinski definition) is 2. The van der Waals surface area contributed by atoms with E-state index in [4.69, 9.17) is 11.6 Å². The molecule has 0 aliphatic carbocycles. The van der Waals surface area contributed by atoms with Gasteiger partial charge in [-0.1, -0.05) is 29.8 Å². The van der Waals surface area contributed by atoms with Crippen molar-refractivity contribution in [3.8, 4) is 0 Å². The van der Waals surface area contributed by atoms with Crippen molar-refractivity contribution in [1.82, 2.24) is 20.2 Å². The van der Waals surface area contributed by atoms with Crippen LogP contribution in [0.1, 0.15) is 5.56 Å². The molecule has 7 heteroatoms. The summed E-state index contributed by atoms with van der Waals surface area (Å²) in [5.74, 6) is 0.794. The zero-order chi connectivity index (χ0) is 14.9. The van der Waals surface area contributed by atoms with Crippen LogP contribution in [-0.2, 0) is 13.0 Å². The molecule has 0 saturated heterocycles. The monoisotopic (exact) mass is 433 g/mol. The molecule has 1 heterocycles. The molecule has 0 bridgehead atoms. The van der Waals surface area contributed by atoms with Gasteiger partial charge < -0.3 is 15.2 Å². The molecule has 0 saturated carbocycles. The van der Waals surface area contributed by atoms with Crippen LogP contribution in [0.3, 0.4) is 0 Å². The van der Waals surface area contributed by atoms with E-state index in [0.717, 1.165) is 42.6 Å². The molecule has 2 aromatic rings. The highest BCUT2D eigenvalue weighted by Gasteiger charge is 2.00. The topological polar surface area (TPSA) is 54.2 Å². The lowest BCUT2D eigenvalue weighted by atomic mass is 10.1. The smallest absolute Gasteiger partial charge is 0.191 e. The summed E-state index contributed by atoms with van der Waals surface area (Å²) in [6.45, 7) is 2.43. The Labute approximate surface area is 153 Å². The van der Waals surface area contributed by atoms with E-state index in [1.54, 1.807) is 19.6 Å². The summed E-state index contributed by atoms with van der Waals surface area (Å²) in [4.78, 5) is 8.21. The summed E-state index contributed by atoms with van der Waals surface area (Å²) in [6, 6.07) is 7.89. The Kier molecular flexibility index (Phi) is 8.91. The van der Waals surface area contributed by atoms with Crippen LogP contribution in [0.4, 0.5) is 0 Å². The van der Waals surface area contributed by atoms with Gasteiger partial charge in [0.1, 0.15) is 0 Å². The Morgan fingerprint density at radius 1 is 1.27 bits per heavy atom. The molecule has 0 amide bonds. The molecule has 120 valence electrons. The van der Waals surface area contributed by atoms with Gasteiger partial charge in [-0.2, -0.15) is 0 Å². The highest BCUT2D eigenvalue weighted by atomic mass is 127. The number of benzene rings is 1. The number of nitrogens with one attached hydrogen (secondary N) is 2. The van der Waals surface area contributed by atoms with Crippen LogP contribution in [-0.4, -0.2) is 35.6 Å². The quantitative estimate of drug-likeness (QED) is 0.418. The van der Waals surface area contributed by atoms with Gasteiger partial charge in [0, 0.05) is 44.1 Å². The first-order valence-corrected chi connectivity index (χ1v) is 7.31. The molecule has 2 rings (SSSR count). The SMILES string of the molecule is CN=C(NCCc1ccccc1Cl)NCCn1ccnc1.I. The number of halogens is 2. The lowest BCUT2D eigenvalue weighted by molar-refractivity contribution is 0.661. The molecule has 0 aliphatic heterocycles. The summed E-state index contributed by atoms with van der Waals surface area (Å²) in [5, 5.41) is 7.35. The number of aromatic nitrogens is 2. The van der Waals surface area contributed by atoms with E-state index in [9.17, 15) is 0 Å². The molecule has 1 aromatic heterocycles. The fraction of sp³-hybridized carbons (Fsp3) is 0.333. The summed E-state index contributed by atoms with van der Waals surface area (Å²) < 4.78 is 2.02. The number of imidazole rings is 1.